The van der Waals surface area contributed by atoms with Crippen LogP contribution in [-0.4, -0.2) is 8.07 Å². The summed E-state index contributed by atoms with van der Waals surface area (Å²) in [4.78, 5) is 0. The SMILES string of the molecule is Cc1cc(C#C[Si](C)(C)C)c(N)cc1F. The second-order valence-corrected chi connectivity index (χ2v) is 9.44. The maximum absolute atomic E-state index is 13.1. The molecule has 0 fully saturated rings. The van der Waals surface area contributed by atoms with E-state index >= 15 is 0 Å². The van der Waals surface area contributed by atoms with Crippen molar-refractivity contribution >= 4 is 13.8 Å². The number of hydrogen-bond donors (Lipinski definition) is 1. The van der Waals surface area contributed by atoms with Gasteiger partial charge in [-0.3, -0.25) is 0 Å². The van der Waals surface area contributed by atoms with Crippen molar-refractivity contribution in [1.82, 2.24) is 0 Å². The second-order valence-electron chi connectivity index (χ2n) is 4.69. The Balaban J connectivity index is 3.15. The van der Waals surface area contributed by atoms with Crippen molar-refractivity contribution < 1.29 is 4.39 Å². The average Bonchev–Trinajstić information content (AvgIpc) is 2.07. The second kappa shape index (κ2) is 4.07. The first-order valence-corrected chi connectivity index (χ1v) is 8.38. The Bertz CT molecular complexity index is 435. The molecular formula is C12H16FNSi. The lowest BCUT2D eigenvalue weighted by Gasteiger charge is -2.05. The van der Waals surface area contributed by atoms with Crippen LogP contribution in [0.2, 0.25) is 19.6 Å². The zero-order valence-corrected chi connectivity index (χ0v) is 10.6. The summed E-state index contributed by atoms with van der Waals surface area (Å²) in [6.45, 7) is 8.19. The minimum atomic E-state index is -1.40. The van der Waals surface area contributed by atoms with Gasteiger partial charge in [0.1, 0.15) is 13.9 Å². The maximum Gasteiger partial charge on any atom is 0.129 e. The number of halogens is 1. The molecule has 0 aliphatic rings. The Morgan fingerprint density at radius 1 is 1.27 bits per heavy atom. The van der Waals surface area contributed by atoms with Gasteiger partial charge < -0.3 is 5.73 Å². The highest BCUT2D eigenvalue weighted by molar-refractivity contribution is 6.83. The molecule has 0 saturated carbocycles. The first-order chi connectivity index (χ1) is 6.79. The van der Waals surface area contributed by atoms with Crippen LogP contribution < -0.4 is 5.73 Å². The smallest absolute Gasteiger partial charge is 0.129 e. The first kappa shape index (κ1) is 11.8. The highest BCUT2D eigenvalue weighted by Crippen LogP contribution is 2.16. The zero-order chi connectivity index (χ0) is 11.6. The van der Waals surface area contributed by atoms with Crippen molar-refractivity contribution in [1.29, 1.82) is 0 Å². The van der Waals surface area contributed by atoms with Crippen molar-refractivity contribution in [2.75, 3.05) is 5.73 Å². The number of benzene rings is 1. The van der Waals surface area contributed by atoms with E-state index in [4.69, 9.17) is 5.73 Å². The molecular weight excluding hydrogens is 205 g/mol. The Morgan fingerprint density at radius 2 is 1.87 bits per heavy atom. The molecule has 0 saturated heterocycles. The minimum absolute atomic E-state index is 0.272. The largest absolute Gasteiger partial charge is 0.398 e. The number of anilines is 1. The third-order valence-electron chi connectivity index (χ3n) is 1.90. The third-order valence-corrected chi connectivity index (χ3v) is 2.78. The van der Waals surface area contributed by atoms with Crippen LogP contribution in [0.25, 0.3) is 0 Å². The highest BCUT2D eigenvalue weighted by atomic mass is 28.3. The molecule has 0 heterocycles. The molecule has 1 nitrogen and oxygen atoms in total. The van der Waals surface area contributed by atoms with E-state index in [0.717, 1.165) is 5.56 Å². The maximum atomic E-state index is 13.1. The van der Waals surface area contributed by atoms with Gasteiger partial charge in [0.25, 0.3) is 0 Å². The van der Waals surface area contributed by atoms with Crippen molar-refractivity contribution in [3.05, 3.63) is 29.1 Å². The van der Waals surface area contributed by atoms with E-state index in [1.54, 1.807) is 13.0 Å². The highest BCUT2D eigenvalue weighted by Gasteiger charge is 2.08. The van der Waals surface area contributed by atoms with Gasteiger partial charge in [-0.2, -0.15) is 0 Å². The molecule has 1 rings (SSSR count). The lowest BCUT2D eigenvalue weighted by Crippen LogP contribution is -2.16. The molecule has 0 spiro atoms. The van der Waals surface area contributed by atoms with Gasteiger partial charge in [-0.1, -0.05) is 25.6 Å². The quantitative estimate of drug-likeness (QED) is 0.407. The lowest BCUT2D eigenvalue weighted by atomic mass is 10.1. The van der Waals surface area contributed by atoms with Gasteiger partial charge in [-0.15, -0.1) is 5.54 Å². The first-order valence-electron chi connectivity index (χ1n) is 4.88. The average molecular weight is 221 g/mol. The molecule has 0 bridgehead atoms. The zero-order valence-electron chi connectivity index (χ0n) is 9.61. The van der Waals surface area contributed by atoms with E-state index in [1.165, 1.54) is 6.07 Å². The standard InChI is InChI=1S/C12H16FNSi/c1-9-7-10(5-6-15(2,3)4)12(14)8-11(9)13/h7-8H,14H2,1-4H3. The number of nitrogens with two attached hydrogens (primary N) is 1. The Hall–Kier alpha value is -1.27. The Labute approximate surface area is 91.5 Å². The summed E-state index contributed by atoms with van der Waals surface area (Å²) >= 11 is 0. The monoisotopic (exact) mass is 221 g/mol. The summed E-state index contributed by atoms with van der Waals surface area (Å²) in [7, 11) is -1.40. The molecule has 0 atom stereocenters. The van der Waals surface area contributed by atoms with Gasteiger partial charge in [0, 0.05) is 5.56 Å². The fraction of sp³-hybridized carbons (Fsp3) is 0.333. The van der Waals surface area contributed by atoms with Crippen LogP contribution in [0.3, 0.4) is 0 Å². The van der Waals surface area contributed by atoms with Crippen LogP contribution >= 0.6 is 0 Å². The number of rotatable bonds is 0. The third kappa shape index (κ3) is 3.41. The van der Waals surface area contributed by atoms with Gasteiger partial charge >= 0.3 is 0 Å². The summed E-state index contributed by atoms with van der Waals surface area (Å²) in [5.41, 5.74) is 10.6. The molecule has 0 aliphatic carbocycles. The summed E-state index contributed by atoms with van der Waals surface area (Å²) in [6.07, 6.45) is 0. The van der Waals surface area contributed by atoms with Crippen LogP contribution in [0, 0.1) is 24.2 Å². The fourth-order valence-corrected chi connectivity index (χ4v) is 1.57. The van der Waals surface area contributed by atoms with Crippen LogP contribution in [0.5, 0.6) is 0 Å². The number of hydrogen-bond acceptors (Lipinski definition) is 1. The molecule has 0 unspecified atom stereocenters. The summed E-state index contributed by atoms with van der Waals surface area (Å²) < 4.78 is 13.1. The summed E-state index contributed by atoms with van der Waals surface area (Å²) in [6, 6.07) is 3.04. The molecule has 15 heavy (non-hydrogen) atoms. The molecule has 1 aromatic rings. The summed E-state index contributed by atoms with van der Waals surface area (Å²) in [5, 5.41) is 0. The van der Waals surface area contributed by atoms with E-state index in [1.807, 2.05) is 0 Å². The van der Waals surface area contributed by atoms with Gasteiger partial charge in [0.05, 0.1) is 5.69 Å². The van der Waals surface area contributed by atoms with Crippen molar-refractivity contribution in [2.24, 2.45) is 0 Å². The minimum Gasteiger partial charge on any atom is -0.398 e. The topological polar surface area (TPSA) is 26.0 Å². The normalized spacial score (nSPS) is 10.7. The molecule has 1 aromatic carbocycles. The molecule has 0 amide bonds. The number of nitrogen functional groups attached to an aromatic ring is 1. The predicted molar refractivity (Wildman–Crippen MR) is 65.8 cm³/mol. The Kier molecular flexibility index (Phi) is 3.20. The van der Waals surface area contributed by atoms with Crippen LogP contribution in [0.15, 0.2) is 12.1 Å². The molecule has 0 radical (unpaired) electrons. The van der Waals surface area contributed by atoms with Crippen LogP contribution in [0.1, 0.15) is 11.1 Å². The molecule has 2 N–H and O–H groups in total. The van der Waals surface area contributed by atoms with Crippen LogP contribution in [-0.2, 0) is 0 Å². The van der Waals surface area contributed by atoms with E-state index in [-0.39, 0.29) is 5.82 Å². The summed E-state index contributed by atoms with van der Waals surface area (Å²) in [5.74, 6) is 2.77. The number of aryl methyl sites for hydroxylation is 1. The Morgan fingerprint density at radius 3 is 2.40 bits per heavy atom. The van der Waals surface area contributed by atoms with Gasteiger partial charge in [0.2, 0.25) is 0 Å². The molecule has 0 aromatic heterocycles. The van der Waals surface area contributed by atoms with Crippen molar-refractivity contribution in [3.63, 3.8) is 0 Å². The van der Waals surface area contributed by atoms with E-state index < -0.39 is 8.07 Å². The van der Waals surface area contributed by atoms with E-state index in [9.17, 15) is 4.39 Å². The molecule has 3 heteroatoms. The van der Waals surface area contributed by atoms with E-state index in [0.29, 0.717) is 11.3 Å². The van der Waals surface area contributed by atoms with E-state index in [2.05, 4.69) is 31.1 Å². The molecule has 0 aliphatic heterocycles. The van der Waals surface area contributed by atoms with Gasteiger partial charge in [0.15, 0.2) is 0 Å². The predicted octanol–water partition coefficient (Wildman–Crippen LogP) is 2.95. The lowest BCUT2D eigenvalue weighted by molar-refractivity contribution is 0.619. The van der Waals surface area contributed by atoms with Crippen LogP contribution in [0.4, 0.5) is 10.1 Å². The molecule has 80 valence electrons. The van der Waals surface area contributed by atoms with Crippen molar-refractivity contribution in [2.45, 2.75) is 26.6 Å². The van der Waals surface area contributed by atoms with Gasteiger partial charge in [-0.25, -0.2) is 4.39 Å². The van der Waals surface area contributed by atoms with Crippen molar-refractivity contribution in [3.8, 4) is 11.5 Å². The van der Waals surface area contributed by atoms with Gasteiger partial charge in [-0.05, 0) is 24.6 Å². The fourth-order valence-electron chi connectivity index (χ4n) is 1.06.